The van der Waals surface area contributed by atoms with Crippen molar-refractivity contribution in [3.63, 3.8) is 0 Å². The van der Waals surface area contributed by atoms with Gasteiger partial charge in [-0.3, -0.25) is 4.79 Å². The molecule has 98 valence electrons. The average molecular weight is 255 g/mol. The molecule has 1 aromatic carbocycles. The first-order valence-corrected chi connectivity index (χ1v) is 6.20. The Morgan fingerprint density at radius 1 is 1.37 bits per heavy atom. The van der Waals surface area contributed by atoms with E-state index >= 15 is 0 Å². The predicted molar refractivity (Wildman–Crippen MR) is 73.9 cm³/mol. The largest absolute Gasteiger partial charge is 0.367 e. The van der Waals surface area contributed by atoms with Crippen molar-refractivity contribution >= 4 is 11.5 Å². The zero-order chi connectivity index (χ0) is 14.4. The second kappa shape index (κ2) is 6.56. The molecule has 0 unspecified atom stereocenters. The molecule has 0 bridgehead atoms. The minimum absolute atomic E-state index is 0.0397. The third kappa shape index (κ3) is 3.56. The Kier molecular flexibility index (Phi) is 5.09. The lowest BCUT2D eigenvalue weighted by Gasteiger charge is -2.30. The summed E-state index contributed by atoms with van der Waals surface area (Å²) >= 11 is 0. The Labute approximate surface area is 113 Å². The van der Waals surface area contributed by atoms with E-state index in [1.165, 1.54) is 6.92 Å². The molecule has 0 aliphatic carbocycles. The van der Waals surface area contributed by atoms with Gasteiger partial charge in [0.2, 0.25) is 0 Å². The maximum Gasteiger partial charge on any atom is 0.161 e. The highest BCUT2D eigenvalue weighted by Crippen LogP contribution is 2.25. The molecule has 0 saturated carbocycles. The van der Waals surface area contributed by atoms with Gasteiger partial charge in [-0.25, -0.2) is 0 Å². The molecule has 0 amide bonds. The van der Waals surface area contributed by atoms with Gasteiger partial charge in [0, 0.05) is 23.8 Å². The summed E-state index contributed by atoms with van der Waals surface area (Å²) < 4.78 is 0. The lowest BCUT2D eigenvalue weighted by molar-refractivity contribution is 0.101. The van der Waals surface area contributed by atoms with Crippen LogP contribution in [-0.4, -0.2) is 18.4 Å². The summed E-state index contributed by atoms with van der Waals surface area (Å²) in [5.74, 6) is -0.0397. The fourth-order valence-electron chi connectivity index (χ4n) is 1.96. The highest BCUT2D eigenvalue weighted by Gasteiger charge is 2.17. The maximum absolute atomic E-state index is 11.7. The standard InChI is InChI=1S/C15H17N3O/c1-11(2)18(8-4-7-16)15-9-13(10-17)5-6-14(15)12(3)19/h5-6,9,11H,4,8H2,1-3H3. The number of benzene rings is 1. The number of Topliss-reactive ketones (excluding diaryl/α,β-unsaturated/α-hetero) is 1. The van der Waals surface area contributed by atoms with Crippen molar-refractivity contribution in [1.29, 1.82) is 10.5 Å². The van der Waals surface area contributed by atoms with E-state index < -0.39 is 0 Å². The summed E-state index contributed by atoms with van der Waals surface area (Å²) in [7, 11) is 0. The molecule has 4 nitrogen and oxygen atoms in total. The van der Waals surface area contributed by atoms with Gasteiger partial charge in [0.15, 0.2) is 5.78 Å². The van der Waals surface area contributed by atoms with Crippen molar-refractivity contribution in [2.45, 2.75) is 33.2 Å². The van der Waals surface area contributed by atoms with Gasteiger partial charge >= 0.3 is 0 Å². The number of nitriles is 2. The van der Waals surface area contributed by atoms with Crippen molar-refractivity contribution < 1.29 is 4.79 Å². The summed E-state index contributed by atoms with van der Waals surface area (Å²) in [4.78, 5) is 13.7. The van der Waals surface area contributed by atoms with Crippen LogP contribution >= 0.6 is 0 Å². The normalized spacial score (nSPS) is 9.79. The van der Waals surface area contributed by atoms with E-state index in [9.17, 15) is 4.79 Å². The van der Waals surface area contributed by atoms with Gasteiger partial charge < -0.3 is 4.90 Å². The summed E-state index contributed by atoms with van der Waals surface area (Å²) in [5, 5.41) is 17.7. The highest BCUT2D eigenvalue weighted by atomic mass is 16.1. The fourth-order valence-corrected chi connectivity index (χ4v) is 1.96. The first-order valence-electron chi connectivity index (χ1n) is 6.20. The van der Waals surface area contributed by atoms with Gasteiger partial charge in [-0.1, -0.05) is 0 Å². The minimum atomic E-state index is -0.0397. The van der Waals surface area contributed by atoms with Gasteiger partial charge in [-0.15, -0.1) is 0 Å². The monoisotopic (exact) mass is 255 g/mol. The minimum Gasteiger partial charge on any atom is -0.367 e. The van der Waals surface area contributed by atoms with E-state index in [0.717, 1.165) is 5.69 Å². The van der Waals surface area contributed by atoms with Crippen molar-refractivity contribution in [1.82, 2.24) is 0 Å². The van der Waals surface area contributed by atoms with Gasteiger partial charge in [-0.05, 0) is 39.0 Å². The van der Waals surface area contributed by atoms with Crippen LogP contribution in [0.3, 0.4) is 0 Å². The van der Waals surface area contributed by atoms with E-state index in [1.54, 1.807) is 18.2 Å². The average Bonchev–Trinajstić information content (AvgIpc) is 2.38. The van der Waals surface area contributed by atoms with Crippen LogP contribution in [-0.2, 0) is 0 Å². The smallest absolute Gasteiger partial charge is 0.161 e. The molecule has 0 radical (unpaired) electrons. The Morgan fingerprint density at radius 3 is 2.53 bits per heavy atom. The Morgan fingerprint density at radius 2 is 2.05 bits per heavy atom. The molecule has 0 saturated heterocycles. The quantitative estimate of drug-likeness (QED) is 0.759. The SMILES string of the molecule is CC(=O)c1ccc(C#N)cc1N(CCC#N)C(C)C. The number of hydrogen-bond donors (Lipinski definition) is 0. The lowest BCUT2D eigenvalue weighted by atomic mass is 10.0. The summed E-state index contributed by atoms with van der Waals surface area (Å²) in [5.41, 5.74) is 1.84. The van der Waals surface area contributed by atoms with Crippen molar-refractivity contribution in [2.75, 3.05) is 11.4 Å². The Balaban J connectivity index is 3.30. The van der Waals surface area contributed by atoms with Crippen LogP contribution in [0.2, 0.25) is 0 Å². The molecule has 1 aromatic rings. The number of ketones is 1. The van der Waals surface area contributed by atoms with Crippen molar-refractivity contribution in [2.24, 2.45) is 0 Å². The molecule has 4 heteroatoms. The van der Waals surface area contributed by atoms with Gasteiger partial charge in [0.1, 0.15) is 0 Å². The molecule has 0 aliphatic heterocycles. The molecule has 1 rings (SSSR count). The van der Waals surface area contributed by atoms with Crippen LogP contribution in [0, 0.1) is 22.7 Å². The van der Waals surface area contributed by atoms with Crippen LogP contribution < -0.4 is 4.90 Å². The second-order valence-corrected chi connectivity index (χ2v) is 4.60. The Hall–Kier alpha value is -2.33. The zero-order valence-corrected chi connectivity index (χ0v) is 11.5. The third-order valence-electron chi connectivity index (χ3n) is 2.90. The number of carbonyl (C=O) groups excluding carboxylic acids is 1. The molecule has 0 spiro atoms. The number of nitrogens with zero attached hydrogens (tertiary/aromatic N) is 3. The van der Waals surface area contributed by atoms with Gasteiger partial charge in [0.05, 0.1) is 24.1 Å². The first kappa shape index (κ1) is 14.7. The summed E-state index contributed by atoms with van der Waals surface area (Å²) in [6.07, 6.45) is 0.381. The molecule has 0 heterocycles. The van der Waals surface area contributed by atoms with E-state index in [-0.39, 0.29) is 11.8 Å². The Bertz CT molecular complexity index is 549. The zero-order valence-electron chi connectivity index (χ0n) is 11.5. The van der Waals surface area contributed by atoms with Crippen LogP contribution in [0.25, 0.3) is 0 Å². The van der Waals surface area contributed by atoms with Gasteiger partial charge in [0.25, 0.3) is 0 Å². The molecule has 0 aliphatic rings. The predicted octanol–water partition coefficient (Wildman–Crippen LogP) is 2.89. The van der Waals surface area contributed by atoms with E-state index in [2.05, 4.69) is 12.1 Å². The number of anilines is 1. The highest BCUT2D eigenvalue weighted by molar-refractivity contribution is 6.00. The third-order valence-corrected chi connectivity index (χ3v) is 2.90. The van der Waals surface area contributed by atoms with E-state index in [0.29, 0.717) is 24.1 Å². The molecule has 0 N–H and O–H groups in total. The number of carbonyl (C=O) groups is 1. The van der Waals surface area contributed by atoms with Crippen molar-refractivity contribution in [3.8, 4) is 12.1 Å². The molecule has 0 fully saturated rings. The van der Waals surface area contributed by atoms with E-state index in [4.69, 9.17) is 10.5 Å². The van der Waals surface area contributed by atoms with Crippen LogP contribution in [0.4, 0.5) is 5.69 Å². The van der Waals surface area contributed by atoms with Crippen molar-refractivity contribution in [3.05, 3.63) is 29.3 Å². The first-order chi connectivity index (χ1) is 9.01. The molecular formula is C15H17N3O. The molecule has 19 heavy (non-hydrogen) atoms. The number of hydrogen-bond acceptors (Lipinski definition) is 4. The van der Waals surface area contributed by atoms with Gasteiger partial charge in [-0.2, -0.15) is 10.5 Å². The lowest BCUT2D eigenvalue weighted by Crippen LogP contribution is -2.32. The number of rotatable bonds is 5. The van der Waals surface area contributed by atoms with Crippen LogP contribution in [0.1, 0.15) is 43.1 Å². The van der Waals surface area contributed by atoms with Crippen LogP contribution in [0.5, 0.6) is 0 Å². The van der Waals surface area contributed by atoms with E-state index in [1.807, 2.05) is 18.7 Å². The maximum atomic E-state index is 11.7. The molecule has 0 aromatic heterocycles. The molecular weight excluding hydrogens is 238 g/mol. The summed E-state index contributed by atoms with van der Waals surface area (Å²) in [6, 6.07) is 9.38. The fraction of sp³-hybridized carbons (Fsp3) is 0.400. The second-order valence-electron chi connectivity index (χ2n) is 4.60. The summed E-state index contributed by atoms with van der Waals surface area (Å²) in [6.45, 7) is 6.05. The molecule has 0 atom stereocenters. The van der Waals surface area contributed by atoms with Crippen LogP contribution in [0.15, 0.2) is 18.2 Å². The topological polar surface area (TPSA) is 67.9 Å².